The zero-order valence-electron chi connectivity index (χ0n) is 10.3. The van der Waals surface area contributed by atoms with Gasteiger partial charge in [0.1, 0.15) is 17.6 Å². The molecule has 0 aliphatic heterocycles. The number of carbonyl (C=O) groups excluding carboxylic acids is 3. The monoisotopic (exact) mass is 285 g/mol. The smallest absolute Gasteiger partial charge is 0.341 e. The van der Waals surface area contributed by atoms with Crippen molar-refractivity contribution in [1.29, 1.82) is 0 Å². The first-order chi connectivity index (χ1) is 8.92. The van der Waals surface area contributed by atoms with Crippen molar-refractivity contribution in [1.82, 2.24) is 0 Å². The van der Waals surface area contributed by atoms with Crippen LogP contribution in [0.15, 0.2) is 6.07 Å². The lowest BCUT2D eigenvalue weighted by molar-refractivity contribution is -0.114. The van der Waals surface area contributed by atoms with Crippen molar-refractivity contribution in [3.63, 3.8) is 0 Å². The van der Waals surface area contributed by atoms with Gasteiger partial charge in [0.2, 0.25) is 5.91 Å². The Bertz CT molecular complexity index is 541. The third kappa shape index (κ3) is 3.23. The first-order valence-corrected chi connectivity index (χ1v) is 5.64. The Balaban J connectivity index is 3.49. The second-order valence-corrected chi connectivity index (χ2v) is 4.06. The summed E-state index contributed by atoms with van der Waals surface area (Å²) in [4.78, 5) is 33.2. The first-order valence-electron chi connectivity index (χ1n) is 5.26. The summed E-state index contributed by atoms with van der Waals surface area (Å²) in [6.07, 6.45) is 0.323. The highest BCUT2D eigenvalue weighted by Crippen LogP contribution is 2.36. The molecule has 2 N–H and O–H groups in total. The van der Waals surface area contributed by atoms with Gasteiger partial charge in [-0.3, -0.25) is 4.79 Å². The lowest BCUT2D eigenvalue weighted by Gasteiger charge is -2.14. The number of esters is 1. The highest BCUT2D eigenvalue weighted by Gasteiger charge is 2.21. The van der Waals surface area contributed by atoms with Crippen LogP contribution in [0.3, 0.4) is 0 Å². The van der Waals surface area contributed by atoms with E-state index in [-0.39, 0.29) is 28.3 Å². The summed E-state index contributed by atoms with van der Waals surface area (Å²) >= 11 is 5.94. The fraction of sp³-hybridized carbons (Fsp3) is 0.250. The minimum atomic E-state index is -0.791. The van der Waals surface area contributed by atoms with Crippen molar-refractivity contribution >= 4 is 35.5 Å². The lowest BCUT2D eigenvalue weighted by Crippen LogP contribution is -2.11. The van der Waals surface area contributed by atoms with E-state index in [1.165, 1.54) is 13.0 Å². The summed E-state index contributed by atoms with van der Waals surface area (Å²) in [5, 5.41) is 12.4. The van der Waals surface area contributed by atoms with Crippen molar-refractivity contribution in [2.24, 2.45) is 0 Å². The number of benzene rings is 1. The number of phenols is 1. The highest BCUT2D eigenvalue weighted by atomic mass is 35.5. The van der Waals surface area contributed by atoms with E-state index < -0.39 is 17.6 Å². The predicted molar refractivity (Wildman–Crippen MR) is 68.5 cm³/mol. The topological polar surface area (TPSA) is 92.7 Å². The molecule has 1 amide bonds. The molecule has 102 valence electrons. The van der Waals surface area contributed by atoms with Gasteiger partial charge in [0.15, 0.2) is 0 Å². The van der Waals surface area contributed by atoms with Gasteiger partial charge in [0.25, 0.3) is 0 Å². The van der Waals surface area contributed by atoms with E-state index in [0.717, 1.165) is 7.11 Å². The number of anilines is 1. The van der Waals surface area contributed by atoms with Crippen molar-refractivity contribution in [2.45, 2.75) is 13.3 Å². The number of ether oxygens (including phenoxy) is 1. The van der Waals surface area contributed by atoms with E-state index in [4.69, 9.17) is 11.6 Å². The highest BCUT2D eigenvalue weighted by molar-refractivity contribution is 6.34. The molecule has 0 aliphatic rings. The SMILES string of the molecule is COC(=O)c1cc(Cl)c(NC(C)=O)c(CC=O)c1O. The van der Waals surface area contributed by atoms with Gasteiger partial charge in [-0.15, -0.1) is 0 Å². The Morgan fingerprint density at radius 3 is 2.63 bits per heavy atom. The number of rotatable bonds is 4. The number of hydrogen-bond donors (Lipinski definition) is 2. The molecule has 0 saturated carbocycles. The van der Waals surface area contributed by atoms with Gasteiger partial charge >= 0.3 is 5.97 Å². The number of hydrogen-bond acceptors (Lipinski definition) is 5. The molecule has 1 aromatic rings. The average Bonchev–Trinajstić information content (AvgIpc) is 2.36. The van der Waals surface area contributed by atoms with E-state index in [2.05, 4.69) is 10.1 Å². The third-order valence-corrected chi connectivity index (χ3v) is 2.64. The molecule has 1 aromatic carbocycles. The van der Waals surface area contributed by atoms with E-state index >= 15 is 0 Å². The number of halogens is 1. The molecule has 0 aromatic heterocycles. The van der Waals surface area contributed by atoms with E-state index in [1.54, 1.807) is 0 Å². The molecule has 1 rings (SSSR count). The normalized spacial score (nSPS) is 9.84. The standard InChI is InChI=1S/C12H12ClNO5/c1-6(16)14-10-7(3-4-15)11(17)8(5-9(10)13)12(18)19-2/h4-5,17H,3H2,1-2H3,(H,14,16). The van der Waals surface area contributed by atoms with Crippen LogP contribution < -0.4 is 5.32 Å². The number of methoxy groups -OCH3 is 1. The van der Waals surface area contributed by atoms with Crippen molar-refractivity contribution in [3.05, 3.63) is 22.2 Å². The first kappa shape index (κ1) is 15.0. The molecule has 0 bridgehead atoms. The fourth-order valence-corrected chi connectivity index (χ4v) is 1.82. The van der Waals surface area contributed by atoms with Crippen LogP contribution in [0.25, 0.3) is 0 Å². The zero-order chi connectivity index (χ0) is 14.6. The maximum atomic E-state index is 11.5. The largest absolute Gasteiger partial charge is 0.507 e. The van der Waals surface area contributed by atoms with Gasteiger partial charge in [-0.25, -0.2) is 4.79 Å². The van der Waals surface area contributed by atoms with Gasteiger partial charge < -0.3 is 20.0 Å². The van der Waals surface area contributed by atoms with Crippen LogP contribution in [-0.2, 0) is 20.7 Å². The van der Waals surface area contributed by atoms with Crippen LogP contribution in [0, 0.1) is 0 Å². The molecule has 0 saturated heterocycles. The van der Waals surface area contributed by atoms with Gasteiger partial charge in [-0.1, -0.05) is 11.6 Å². The molecular weight excluding hydrogens is 274 g/mol. The van der Waals surface area contributed by atoms with E-state index in [0.29, 0.717) is 6.29 Å². The van der Waals surface area contributed by atoms with Crippen LogP contribution in [-0.4, -0.2) is 30.4 Å². The number of aromatic hydroxyl groups is 1. The maximum absolute atomic E-state index is 11.5. The molecule has 0 unspecified atom stereocenters. The number of nitrogens with one attached hydrogen (secondary N) is 1. The van der Waals surface area contributed by atoms with E-state index in [1.807, 2.05) is 0 Å². The Hall–Kier alpha value is -2.08. The molecule has 0 spiro atoms. The second-order valence-electron chi connectivity index (χ2n) is 3.65. The molecule has 6 nitrogen and oxygen atoms in total. The summed E-state index contributed by atoms with van der Waals surface area (Å²) in [6.45, 7) is 1.26. The van der Waals surface area contributed by atoms with Crippen LogP contribution >= 0.6 is 11.6 Å². The number of amides is 1. The summed E-state index contributed by atoms with van der Waals surface area (Å²) in [6, 6.07) is 1.17. The van der Waals surface area contributed by atoms with E-state index in [9.17, 15) is 19.5 Å². The molecule has 0 fully saturated rings. The summed E-state index contributed by atoms with van der Waals surface area (Å²) in [5.74, 6) is -1.65. The molecule has 7 heteroatoms. The molecule has 0 heterocycles. The predicted octanol–water partition coefficient (Wildman–Crippen LogP) is 1.53. The molecule has 0 atom stereocenters. The second kappa shape index (κ2) is 6.19. The van der Waals surface area contributed by atoms with Gasteiger partial charge in [0, 0.05) is 18.9 Å². The van der Waals surface area contributed by atoms with Gasteiger partial charge in [-0.2, -0.15) is 0 Å². The van der Waals surface area contributed by atoms with Crippen LogP contribution in [0.1, 0.15) is 22.8 Å². The summed E-state index contributed by atoms with van der Waals surface area (Å²) < 4.78 is 4.49. The van der Waals surface area contributed by atoms with Crippen molar-refractivity contribution in [2.75, 3.05) is 12.4 Å². The van der Waals surface area contributed by atoms with Gasteiger partial charge in [0.05, 0.1) is 17.8 Å². The fourth-order valence-electron chi connectivity index (χ4n) is 1.55. The summed E-state index contributed by atoms with van der Waals surface area (Å²) in [5.41, 5.74) is 0.00275. The maximum Gasteiger partial charge on any atom is 0.341 e. The molecule has 0 aliphatic carbocycles. The molecule has 19 heavy (non-hydrogen) atoms. The van der Waals surface area contributed by atoms with Crippen molar-refractivity contribution < 1.29 is 24.2 Å². The average molecular weight is 286 g/mol. The summed E-state index contributed by atoms with van der Waals surface area (Å²) in [7, 11) is 1.15. The third-order valence-electron chi connectivity index (χ3n) is 2.35. The Morgan fingerprint density at radius 2 is 2.16 bits per heavy atom. The Labute approximate surface area is 114 Å². The minimum Gasteiger partial charge on any atom is -0.507 e. The number of carbonyl (C=O) groups is 3. The van der Waals surface area contributed by atoms with Crippen LogP contribution in [0.2, 0.25) is 5.02 Å². The van der Waals surface area contributed by atoms with Crippen molar-refractivity contribution in [3.8, 4) is 5.75 Å². The molecular formula is C12H12ClNO5. The lowest BCUT2D eigenvalue weighted by atomic mass is 10.0. The molecule has 0 radical (unpaired) electrons. The number of phenolic OH excluding ortho intramolecular Hbond substituents is 1. The Kier molecular flexibility index (Phi) is 4.88. The van der Waals surface area contributed by atoms with Crippen LogP contribution in [0.5, 0.6) is 5.75 Å². The minimum absolute atomic E-state index is 0.0326. The zero-order valence-corrected chi connectivity index (χ0v) is 11.1. The van der Waals surface area contributed by atoms with Crippen LogP contribution in [0.4, 0.5) is 5.69 Å². The number of aldehydes is 1. The quantitative estimate of drug-likeness (QED) is 0.646. The van der Waals surface area contributed by atoms with Gasteiger partial charge in [-0.05, 0) is 6.07 Å². The Morgan fingerprint density at radius 1 is 1.53 bits per heavy atom.